The van der Waals surface area contributed by atoms with Crippen LogP contribution in [0.15, 0.2) is 42.6 Å². The van der Waals surface area contributed by atoms with Crippen LogP contribution < -0.4 is 10.2 Å². The lowest BCUT2D eigenvalue weighted by atomic mass is 9.86. The van der Waals surface area contributed by atoms with E-state index in [-0.39, 0.29) is 11.8 Å². The second-order valence-electron chi connectivity index (χ2n) is 8.19. The van der Waals surface area contributed by atoms with Crippen molar-refractivity contribution in [1.29, 1.82) is 0 Å². The second-order valence-corrected chi connectivity index (χ2v) is 8.19. The fraction of sp³-hybridized carbons (Fsp3) is 0.458. The van der Waals surface area contributed by atoms with Gasteiger partial charge in [-0.15, -0.1) is 0 Å². The van der Waals surface area contributed by atoms with Crippen molar-refractivity contribution < 1.29 is 9.59 Å². The standard InChI is InChI=1S/C24H30N4O2/c1-3-17(4-2)20-12-7-8-15-27(20)16-22(29)28-21-13-6-5-10-18(21)24(30)26-19-11-9-14-25-23(19)28/h5-6,9-11,13-14,17,20H,3-4,7-8,12,15-16H2,1-2H3,(H,26,30)/t20-/m1/s1. The smallest absolute Gasteiger partial charge is 0.257 e. The van der Waals surface area contributed by atoms with Crippen LogP contribution in [-0.4, -0.2) is 40.8 Å². The predicted octanol–water partition coefficient (Wildman–Crippen LogP) is 4.60. The third-order valence-electron chi connectivity index (χ3n) is 6.48. The lowest BCUT2D eigenvalue weighted by molar-refractivity contribution is -0.120. The van der Waals surface area contributed by atoms with Gasteiger partial charge in [-0.1, -0.05) is 45.2 Å². The zero-order chi connectivity index (χ0) is 21.1. The highest BCUT2D eigenvalue weighted by molar-refractivity contribution is 6.17. The van der Waals surface area contributed by atoms with Crippen molar-refractivity contribution in [3.8, 4) is 0 Å². The van der Waals surface area contributed by atoms with Gasteiger partial charge >= 0.3 is 0 Å². The highest BCUT2D eigenvalue weighted by Crippen LogP contribution is 2.37. The maximum atomic E-state index is 13.7. The molecule has 6 nitrogen and oxygen atoms in total. The molecule has 2 aliphatic heterocycles. The number of nitrogens with one attached hydrogen (secondary N) is 1. The minimum Gasteiger partial charge on any atom is -0.319 e. The number of fused-ring (bicyclic) bond motifs is 2. The van der Waals surface area contributed by atoms with Crippen molar-refractivity contribution in [2.45, 2.75) is 52.0 Å². The van der Waals surface area contributed by atoms with Crippen LogP contribution in [0.5, 0.6) is 0 Å². The Morgan fingerprint density at radius 1 is 1.17 bits per heavy atom. The fourth-order valence-electron chi connectivity index (χ4n) is 4.91. The molecule has 1 N–H and O–H groups in total. The normalized spacial score (nSPS) is 19.1. The molecule has 2 aliphatic rings. The number of rotatable bonds is 5. The number of anilines is 3. The average molecular weight is 407 g/mol. The van der Waals surface area contributed by atoms with E-state index in [1.54, 1.807) is 29.3 Å². The fourth-order valence-corrected chi connectivity index (χ4v) is 4.91. The molecule has 1 saturated heterocycles. The van der Waals surface area contributed by atoms with E-state index in [1.807, 2.05) is 18.2 Å². The first-order valence-corrected chi connectivity index (χ1v) is 11.1. The zero-order valence-corrected chi connectivity index (χ0v) is 17.8. The summed E-state index contributed by atoms with van der Waals surface area (Å²) in [4.78, 5) is 34.9. The lowest BCUT2D eigenvalue weighted by Crippen LogP contribution is -2.48. The average Bonchev–Trinajstić information content (AvgIpc) is 2.89. The topological polar surface area (TPSA) is 65.5 Å². The van der Waals surface area contributed by atoms with E-state index in [9.17, 15) is 9.59 Å². The summed E-state index contributed by atoms with van der Waals surface area (Å²) in [6.07, 6.45) is 7.40. The zero-order valence-electron chi connectivity index (χ0n) is 17.8. The molecule has 1 atom stereocenters. The second kappa shape index (κ2) is 8.96. The molecule has 30 heavy (non-hydrogen) atoms. The summed E-state index contributed by atoms with van der Waals surface area (Å²) in [6.45, 7) is 5.75. The minimum absolute atomic E-state index is 0.0447. The van der Waals surface area contributed by atoms with Gasteiger partial charge in [-0.05, 0) is 49.6 Å². The van der Waals surface area contributed by atoms with Crippen LogP contribution >= 0.6 is 0 Å². The van der Waals surface area contributed by atoms with Crippen molar-refractivity contribution >= 4 is 29.0 Å². The number of para-hydroxylation sites is 1. The summed E-state index contributed by atoms with van der Waals surface area (Å²) in [5.41, 5.74) is 1.63. The van der Waals surface area contributed by atoms with E-state index in [4.69, 9.17) is 0 Å². The molecule has 1 fully saturated rings. The molecular formula is C24H30N4O2. The Labute approximate surface area is 178 Å². The number of piperidine rings is 1. The van der Waals surface area contributed by atoms with Crippen LogP contribution in [0.25, 0.3) is 0 Å². The Morgan fingerprint density at radius 2 is 1.97 bits per heavy atom. The number of nitrogens with zero attached hydrogens (tertiary/aromatic N) is 3. The molecule has 0 radical (unpaired) electrons. The number of benzene rings is 1. The Balaban J connectivity index is 1.69. The summed E-state index contributed by atoms with van der Waals surface area (Å²) in [5, 5.41) is 2.90. The van der Waals surface area contributed by atoms with Crippen LogP contribution in [-0.2, 0) is 4.79 Å². The first-order valence-electron chi connectivity index (χ1n) is 11.1. The molecule has 6 heteroatoms. The van der Waals surface area contributed by atoms with Gasteiger partial charge in [0.05, 0.1) is 23.5 Å². The predicted molar refractivity (Wildman–Crippen MR) is 119 cm³/mol. The number of hydrogen-bond donors (Lipinski definition) is 1. The third-order valence-corrected chi connectivity index (χ3v) is 6.48. The number of hydrogen-bond acceptors (Lipinski definition) is 4. The van der Waals surface area contributed by atoms with Crippen molar-refractivity contribution in [3.63, 3.8) is 0 Å². The third kappa shape index (κ3) is 3.84. The molecule has 0 saturated carbocycles. The molecule has 158 valence electrons. The Hall–Kier alpha value is -2.73. The number of carbonyl (C=O) groups is 2. The van der Waals surface area contributed by atoms with Gasteiger partial charge in [0.25, 0.3) is 5.91 Å². The maximum Gasteiger partial charge on any atom is 0.257 e. The van der Waals surface area contributed by atoms with Gasteiger partial charge in [0, 0.05) is 12.2 Å². The van der Waals surface area contributed by atoms with Crippen molar-refractivity contribution in [3.05, 3.63) is 48.2 Å². The highest BCUT2D eigenvalue weighted by atomic mass is 16.2. The molecule has 0 aliphatic carbocycles. The maximum absolute atomic E-state index is 13.7. The van der Waals surface area contributed by atoms with Gasteiger partial charge in [-0.25, -0.2) is 4.98 Å². The molecule has 3 heterocycles. The number of likely N-dealkylation sites (tertiary alicyclic amines) is 1. The number of carbonyl (C=O) groups excluding carboxylic acids is 2. The van der Waals surface area contributed by atoms with Gasteiger partial charge in [0.2, 0.25) is 5.91 Å². The van der Waals surface area contributed by atoms with Crippen LogP contribution in [0.2, 0.25) is 0 Å². The lowest BCUT2D eigenvalue weighted by Gasteiger charge is -2.40. The van der Waals surface area contributed by atoms with Crippen molar-refractivity contribution in [2.75, 3.05) is 23.3 Å². The first kappa shape index (κ1) is 20.5. The SMILES string of the molecule is CCC(CC)[C@H]1CCCCN1CC(=O)N1c2ccccc2C(=O)Nc2cccnc21. The van der Waals surface area contributed by atoms with Gasteiger partial charge in [0.15, 0.2) is 5.82 Å². The van der Waals surface area contributed by atoms with E-state index in [2.05, 4.69) is 29.0 Å². The van der Waals surface area contributed by atoms with E-state index in [1.165, 1.54) is 6.42 Å². The molecule has 0 unspecified atom stereocenters. The summed E-state index contributed by atoms with van der Waals surface area (Å²) in [7, 11) is 0. The Bertz CT molecular complexity index is 925. The monoisotopic (exact) mass is 406 g/mol. The molecule has 0 spiro atoms. The van der Waals surface area contributed by atoms with E-state index >= 15 is 0 Å². The summed E-state index contributed by atoms with van der Waals surface area (Å²) in [6, 6.07) is 11.2. The van der Waals surface area contributed by atoms with Crippen LogP contribution in [0.4, 0.5) is 17.2 Å². The van der Waals surface area contributed by atoms with Crippen LogP contribution in [0.3, 0.4) is 0 Å². The first-order chi connectivity index (χ1) is 14.6. The van der Waals surface area contributed by atoms with Gasteiger partial charge in [-0.3, -0.25) is 19.4 Å². The Morgan fingerprint density at radius 3 is 2.77 bits per heavy atom. The molecule has 0 bridgehead atoms. The largest absolute Gasteiger partial charge is 0.319 e. The summed E-state index contributed by atoms with van der Waals surface area (Å²) in [5.74, 6) is 0.819. The number of pyridine rings is 1. The Kier molecular flexibility index (Phi) is 6.13. The van der Waals surface area contributed by atoms with E-state index in [0.29, 0.717) is 41.3 Å². The molecular weight excluding hydrogens is 376 g/mol. The van der Waals surface area contributed by atoms with E-state index < -0.39 is 0 Å². The van der Waals surface area contributed by atoms with Crippen molar-refractivity contribution in [1.82, 2.24) is 9.88 Å². The van der Waals surface area contributed by atoms with Gasteiger partial charge < -0.3 is 5.32 Å². The molecule has 1 aromatic carbocycles. The molecule has 2 amide bonds. The van der Waals surface area contributed by atoms with Crippen LogP contribution in [0.1, 0.15) is 56.3 Å². The van der Waals surface area contributed by atoms with Crippen molar-refractivity contribution in [2.24, 2.45) is 5.92 Å². The minimum atomic E-state index is -0.219. The van der Waals surface area contributed by atoms with Crippen LogP contribution in [0, 0.1) is 5.92 Å². The summed E-state index contributed by atoms with van der Waals surface area (Å²) < 4.78 is 0. The molecule has 2 aromatic rings. The molecule has 4 rings (SSSR count). The number of aromatic nitrogens is 1. The number of amides is 2. The quantitative estimate of drug-likeness (QED) is 0.788. The molecule has 1 aromatic heterocycles. The summed E-state index contributed by atoms with van der Waals surface area (Å²) >= 11 is 0. The van der Waals surface area contributed by atoms with E-state index in [0.717, 1.165) is 32.2 Å². The van der Waals surface area contributed by atoms with Gasteiger partial charge in [0.1, 0.15) is 0 Å². The van der Waals surface area contributed by atoms with Gasteiger partial charge in [-0.2, -0.15) is 0 Å². The highest BCUT2D eigenvalue weighted by Gasteiger charge is 2.34.